The van der Waals surface area contributed by atoms with Crippen LogP contribution in [0.2, 0.25) is 0 Å². The zero-order chi connectivity index (χ0) is 14.5. The highest BCUT2D eigenvalue weighted by atomic mass is 16.5. The zero-order valence-electron chi connectivity index (χ0n) is 12.2. The maximum Gasteiger partial charge on any atom is 0.122 e. The highest BCUT2D eigenvalue weighted by Crippen LogP contribution is 2.19. The van der Waals surface area contributed by atoms with E-state index >= 15 is 0 Å². The van der Waals surface area contributed by atoms with E-state index in [1.165, 1.54) is 0 Å². The van der Waals surface area contributed by atoms with Crippen LogP contribution >= 0.6 is 0 Å². The Bertz CT molecular complexity index is 399. The maximum absolute atomic E-state index is 9.80. The topological polar surface area (TPSA) is 61.7 Å². The van der Waals surface area contributed by atoms with Crippen molar-refractivity contribution in [1.29, 1.82) is 0 Å². The number of hydrogen-bond acceptors (Lipinski definition) is 4. The minimum Gasteiger partial charge on any atom is -0.491 e. The summed E-state index contributed by atoms with van der Waals surface area (Å²) in [6.45, 7) is 8.50. The second-order valence-corrected chi connectivity index (χ2v) is 5.68. The van der Waals surface area contributed by atoms with Gasteiger partial charge in [0.1, 0.15) is 18.5 Å². The summed E-state index contributed by atoms with van der Waals surface area (Å²) < 4.78 is 5.61. The predicted octanol–water partition coefficient (Wildman–Crippen LogP) is 1.40. The Morgan fingerprint density at radius 1 is 1.32 bits per heavy atom. The van der Waals surface area contributed by atoms with Crippen LogP contribution in [0, 0.1) is 13.8 Å². The van der Waals surface area contributed by atoms with E-state index in [0.717, 1.165) is 16.9 Å². The first-order valence-electron chi connectivity index (χ1n) is 6.59. The fourth-order valence-corrected chi connectivity index (χ4v) is 1.65. The van der Waals surface area contributed by atoms with Gasteiger partial charge in [-0.25, -0.2) is 0 Å². The van der Waals surface area contributed by atoms with Gasteiger partial charge in [-0.3, -0.25) is 0 Å². The van der Waals surface area contributed by atoms with Crippen molar-refractivity contribution in [2.75, 3.05) is 19.7 Å². The number of benzene rings is 1. The molecule has 4 heteroatoms. The van der Waals surface area contributed by atoms with Gasteiger partial charge >= 0.3 is 0 Å². The summed E-state index contributed by atoms with van der Waals surface area (Å²) in [5.41, 5.74) is 1.42. The molecule has 0 spiro atoms. The van der Waals surface area contributed by atoms with E-state index in [2.05, 4.69) is 5.32 Å². The molecule has 0 aromatic heterocycles. The quantitative estimate of drug-likeness (QED) is 0.699. The summed E-state index contributed by atoms with van der Waals surface area (Å²) in [5.74, 6) is 0.807. The molecule has 1 unspecified atom stereocenters. The molecule has 0 saturated carbocycles. The molecular weight excluding hydrogens is 242 g/mol. The fourth-order valence-electron chi connectivity index (χ4n) is 1.65. The zero-order valence-corrected chi connectivity index (χ0v) is 12.2. The van der Waals surface area contributed by atoms with E-state index in [1.54, 1.807) is 13.8 Å². The molecule has 0 amide bonds. The Balaban J connectivity index is 2.34. The number of rotatable bonds is 7. The van der Waals surface area contributed by atoms with Crippen molar-refractivity contribution in [2.45, 2.75) is 39.4 Å². The molecule has 19 heavy (non-hydrogen) atoms. The van der Waals surface area contributed by atoms with Crippen molar-refractivity contribution in [2.24, 2.45) is 0 Å². The second-order valence-electron chi connectivity index (χ2n) is 5.68. The van der Waals surface area contributed by atoms with Gasteiger partial charge in [-0.2, -0.15) is 0 Å². The van der Waals surface area contributed by atoms with Crippen LogP contribution in [0.4, 0.5) is 0 Å². The molecule has 0 fully saturated rings. The summed E-state index contributed by atoms with van der Waals surface area (Å²) in [6, 6.07) is 6.00. The van der Waals surface area contributed by atoms with Gasteiger partial charge in [0, 0.05) is 13.1 Å². The van der Waals surface area contributed by atoms with E-state index in [-0.39, 0.29) is 6.61 Å². The third-order valence-electron chi connectivity index (χ3n) is 2.71. The molecule has 0 aliphatic rings. The molecule has 3 N–H and O–H groups in total. The number of aliphatic hydroxyl groups is 2. The highest BCUT2D eigenvalue weighted by molar-refractivity contribution is 5.35. The molecule has 108 valence electrons. The average molecular weight is 267 g/mol. The lowest BCUT2D eigenvalue weighted by molar-refractivity contribution is 0.0664. The van der Waals surface area contributed by atoms with Crippen molar-refractivity contribution in [3.63, 3.8) is 0 Å². The van der Waals surface area contributed by atoms with E-state index in [1.807, 2.05) is 32.0 Å². The predicted molar refractivity (Wildman–Crippen MR) is 76.6 cm³/mol. The largest absolute Gasteiger partial charge is 0.491 e. The average Bonchev–Trinajstić information content (AvgIpc) is 2.28. The van der Waals surface area contributed by atoms with E-state index in [0.29, 0.717) is 13.1 Å². The van der Waals surface area contributed by atoms with Gasteiger partial charge in [0.25, 0.3) is 0 Å². The maximum atomic E-state index is 9.80. The van der Waals surface area contributed by atoms with Crippen molar-refractivity contribution in [1.82, 2.24) is 5.32 Å². The lowest BCUT2D eigenvalue weighted by atomic mass is 10.1. The highest BCUT2D eigenvalue weighted by Gasteiger charge is 2.13. The minimum atomic E-state index is -0.770. The van der Waals surface area contributed by atoms with Crippen LogP contribution in [0.25, 0.3) is 0 Å². The van der Waals surface area contributed by atoms with Crippen LogP contribution in [0.1, 0.15) is 25.0 Å². The molecule has 1 aromatic rings. The lowest BCUT2D eigenvalue weighted by Crippen LogP contribution is -2.40. The third kappa shape index (κ3) is 6.57. The Kier molecular flexibility index (Phi) is 5.79. The molecule has 1 atom stereocenters. The molecule has 0 aliphatic carbocycles. The van der Waals surface area contributed by atoms with Crippen LogP contribution in [0.3, 0.4) is 0 Å². The van der Waals surface area contributed by atoms with Crippen LogP contribution in [0.5, 0.6) is 5.75 Å². The van der Waals surface area contributed by atoms with Gasteiger partial charge in [-0.1, -0.05) is 12.1 Å². The Morgan fingerprint density at radius 2 is 2.00 bits per heavy atom. The van der Waals surface area contributed by atoms with Crippen molar-refractivity contribution in [3.8, 4) is 5.75 Å². The fraction of sp³-hybridized carbons (Fsp3) is 0.600. The molecule has 0 saturated heterocycles. The number of ether oxygens (including phenoxy) is 1. The smallest absolute Gasteiger partial charge is 0.122 e. The van der Waals surface area contributed by atoms with E-state index in [9.17, 15) is 10.2 Å². The van der Waals surface area contributed by atoms with Crippen molar-refractivity contribution in [3.05, 3.63) is 29.3 Å². The molecule has 1 rings (SSSR count). The Labute approximate surface area is 115 Å². The summed E-state index contributed by atoms with van der Waals surface area (Å²) in [4.78, 5) is 0. The molecule has 0 aliphatic heterocycles. The molecule has 0 heterocycles. The third-order valence-corrected chi connectivity index (χ3v) is 2.71. The first-order chi connectivity index (χ1) is 8.78. The summed E-state index contributed by atoms with van der Waals surface area (Å²) in [5, 5.41) is 22.3. The van der Waals surface area contributed by atoms with Gasteiger partial charge in [0.2, 0.25) is 0 Å². The molecule has 4 nitrogen and oxygen atoms in total. The first-order valence-corrected chi connectivity index (χ1v) is 6.59. The van der Waals surface area contributed by atoms with Crippen molar-refractivity contribution >= 4 is 0 Å². The van der Waals surface area contributed by atoms with Gasteiger partial charge in [0.15, 0.2) is 0 Å². The van der Waals surface area contributed by atoms with Crippen LogP contribution in [-0.4, -0.2) is 41.6 Å². The van der Waals surface area contributed by atoms with Gasteiger partial charge < -0.3 is 20.3 Å². The molecular formula is C15H25NO3. The van der Waals surface area contributed by atoms with Crippen molar-refractivity contribution < 1.29 is 14.9 Å². The summed E-state index contributed by atoms with van der Waals surface area (Å²) >= 11 is 0. The summed E-state index contributed by atoms with van der Waals surface area (Å²) in [7, 11) is 0. The Hall–Kier alpha value is -1.10. The normalized spacial score (nSPS) is 13.4. The number of aryl methyl sites for hydroxylation is 2. The number of nitrogens with one attached hydrogen (secondary N) is 1. The van der Waals surface area contributed by atoms with E-state index in [4.69, 9.17) is 4.74 Å². The summed E-state index contributed by atoms with van der Waals surface area (Å²) in [6.07, 6.45) is -0.595. The van der Waals surface area contributed by atoms with Crippen LogP contribution in [-0.2, 0) is 0 Å². The van der Waals surface area contributed by atoms with Gasteiger partial charge in [-0.05, 0) is 44.9 Å². The molecule has 1 aromatic carbocycles. The minimum absolute atomic E-state index is 0.239. The SMILES string of the molecule is Cc1ccc(C)c(OCC(O)CNCC(C)(C)O)c1. The molecule has 0 bridgehead atoms. The number of aliphatic hydroxyl groups excluding tert-OH is 1. The van der Waals surface area contributed by atoms with Gasteiger partial charge in [0.05, 0.1) is 5.60 Å². The standard InChI is InChI=1S/C15H25NO3/c1-11-5-6-12(2)14(7-11)19-9-13(17)8-16-10-15(3,4)18/h5-7,13,16-18H,8-10H2,1-4H3. The second kappa shape index (κ2) is 6.89. The van der Waals surface area contributed by atoms with Crippen LogP contribution in [0.15, 0.2) is 18.2 Å². The lowest BCUT2D eigenvalue weighted by Gasteiger charge is -2.20. The molecule has 0 radical (unpaired) electrons. The van der Waals surface area contributed by atoms with Gasteiger partial charge in [-0.15, -0.1) is 0 Å². The number of hydrogen-bond donors (Lipinski definition) is 3. The van der Waals surface area contributed by atoms with Crippen LogP contribution < -0.4 is 10.1 Å². The monoisotopic (exact) mass is 267 g/mol. The first kappa shape index (κ1) is 16.0. The van der Waals surface area contributed by atoms with E-state index < -0.39 is 11.7 Å². The Morgan fingerprint density at radius 3 is 2.63 bits per heavy atom.